The second-order valence-electron chi connectivity index (χ2n) is 10.7. The van der Waals surface area contributed by atoms with Crippen molar-refractivity contribution >= 4 is 29.1 Å². The zero-order chi connectivity index (χ0) is 21.9. The van der Waals surface area contributed by atoms with Crippen molar-refractivity contribution in [3.8, 4) is 0 Å². The molecular weight excluding hydrogens is 400 g/mol. The number of alkyl halides is 1. The zero-order valence-corrected chi connectivity index (χ0v) is 19.5. The molecule has 0 amide bonds. The van der Waals surface area contributed by atoms with Crippen molar-refractivity contribution in [3.05, 3.63) is 11.6 Å². The lowest BCUT2D eigenvalue weighted by molar-refractivity contribution is -0.187. The first-order chi connectivity index (χ1) is 14.1. The smallest absolute Gasteiger partial charge is 0.306 e. The molecule has 30 heavy (non-hydrogen) atoms. The molecule has 0 bridgehead atoms. The highest BCUT2D eigenvalue weighted by Gasteiger charge is 2.70. The van der Waals surface area contributed by atoms with E-state index in [4.69, 9.17) is 16.3 Å². The van der Waals surface area contributed by atoms with Gasteiger partial charge in [0.15, 0.2) is 11.4 Å². The fourth-order valence-corrected chi connectivity index (χ4v) is 8.06. The van der Waals surface area contributed by atoms with Crippen LogP contribution in [0.15, 0.2) is 11.6 Å². The number of carbonyl (C=O) groups excluding carboxylic acids is 3. The molecule has 0 saturated heterocycles. The zero-order valence-electron chi connectivity index (χ0n) is 18.8. The Morgan fingerprint density at radius 3 is 2.67 bits per heavy atom. The second-order valence-corrected chi connectivity index (χ2v) is 11.0. The maximum absolute atomic E-state index is 13.3. The van der Waals surface area contributed by atoms with Crippen molar-refractivity contribution in [2.45, 2.75) is 84.7 Å². The maximum atomic E-state index is 13.3. The van der Waals surface area contributed by atoms with Gasteiger partial charge in [-0.1, -0.05) is 39.3 Å². The summed E-state index contributed by atoms with van der Waals surface area (Å²) in [5.74, 6) is 0.877. The number of hydrogen-bond donors (Lipinski definition) is 0. The van der Waals surface area contributed by atoms with Crippen LogP contribution < -0.4 is 0 Å². The third-order valence-corrected chi connectivity index (χ3v) is 9.73. The summed E-state index contributed by atoms with van der Waals surface area (Å²) in [5.41, 5.74) is 0.0141. The van der Waals surface area contributed by atoms with Crippen LogP contribution in [0.25, 0.3) is 0 Å². The van der Waals surface area contributed by atoms with Crippen LogP contribution >= 0.6 is 11.6 Å². The number of carbonyl (C=O) groups is 3. The first-order valence-electron chi connectivity index (χ1n) is 11.7. The van der Waals surface area contributed by atoms with E-state index in [2.05, 4.69) is 26.8 Å². The molecule has 4 aliphatic rings. The Hall–Kier alpha value is -1.16. The minimum Gasteiger partial charge on any atom is -0.450 e. The Balaban J connectivity index is 1.77. The molecule has 166 valence electrons. The van der Waals surface area contributed by atoms with Crippen molar-refractivity contribution < 1.29 is 19.1 Å². The fraction of sp³-hybridized carbons (Fsp3) is 0.800. The Morgan fingerprint density at radius 1 is 1.27 bits per heavy atom. The number of ketones is 2. The number of rotatable bonds is 4. The van der Waals surface area contributed by atoms with E-state index in [1.807, 2.05) is 0 Å². The molecule has 0 aliphatic heterocycles. The SMILES string of the molecule is CCC(=O)O[C@]1(C(=O)CCl)[C@H](C)C[C@H]2[C@@H]3CC[C@@H]4CC(=O)CC[C@]4(C)C3=CC[C@@]21C. The summed E-state index contributed by atoms with van der Waals surface area (Å²) in [4.78, 5) is 37.8. The largest absolute Gasteiger partial charge is 0.450 e. The molecule has 7 atom stereocenters. The lowest BCUT2D eigenvalue weighted by Gasteiger charge is -2.57. The number of allylic oxidation sites excluding steroid dienone is 2. The second kappa shape index (κ2) is 7.46. The van der Waals surface area contributed by atoms with Crippen LogP contribution in [0.2, 0.25) is 0 Å². The summed E-state index contributed by atoms with van der Waals surface area (Å²) in [7, 11) is 0. The van der Waals surface area contributed by atoms with Crippen LogP contribution in [0, 0.1) is 34.5 Å². The number of Topliss-reactive ketones (excluding diaryl/α,β-unsaturated/α-hetero) is 2. The Kier molecular flexibility index (Phi) is 5.48. The lowest BCUT2D eigenvalue weighted by Crippen LogP contribution is -2.59. The van der Waals surface area contributed by atoms with Gasteiger partial charge < -0.3 is 4.74 Å². The first kappa shape index (κ1) is 22.0. The van der Waals surface area contributed by atoms with E-state index in [1.165, 1.54) is 5.57 Å². The summed E-state index contributed by atoms with van der Waals surface area (Å²) < 4.78 is 6.06. The molecule has 3 fully saturated rings. The van der Waals surface area contributed by atoms with E-state index in [1.54, 1.807) is 6.92 Å². The average Bonchev–Trinajstić information content (AvgIpc) is 2.95. The molecule has 4 aliphatic carbocycles. The number of ether oxygens (including phenoxy) is 1. The lowest BCUT2D eigenvalue weighted by atomic mass is 9.48. The predicted octanol–water partition coefficient (Wildman–Crippen LogP) is 5.26. The number of halogens is 1. The van der Waals surface area contributed by atoms with Gasteiger partial charge in [0.2, 0.25) is 0 Å². The van der Waals surface area contributed by atoms with Crippen LogP contribution in [-0.2, 0) is 19.1 Å². The molecular formula is C25H35ClO4. The molecule has 0 aromatic rings. The fourth-order valence-electron chi connectivity index (χ4n) is 7.87. The molecule has 0 heterocycles. The third kappa shape index (κ3) is 2.81. The minimum absolute atomic E-state index is 0.0551. The Bertz CT molecular complexity index is 803. The monoisotopic (exact) mass is 434 g/mol. The molecule has 4 nitrogen and oxygen atoms in total. The van der Waals surface area contributed by atoms with Crippen LogP contribution in [-0.4, -0.2) is 29.0 Å². The Morgan fingerprint density at radius 2 is 2.00 bits per heavy atom. The predicted molar refractivity (Wildman–Crippen MR) is 116 cm³/mol. The third-order valence-electron chi connectivity index (χ3n) is 9.48. The standard InChI is InChI=1S/C25H35ClO4/c1-5-22(29)30-25(21(28)14-26)15(2)12-20-18-7-6-16-13-17(27)8-10-23(16,3)19(18)9-11-24(20,25)4/h9,15-16,18,20H,5-8,10-14H2,1-4H3/t15-,16-,18-,20+,23+,24+,25+/m1/s1. The van der Waals surface area contributed by atoms with Crippen molar-refractivity contribution in [2.75, 3.05) is 5.88 Å². The first-order valence-corrected chi connectivity index (χ1v) is 12.2. The molecule has 0 N–H and O–H groups in total. The van der Waals surface area contributed by atoms with Crippen LogP contribution in [0.4, 0.5) is 0 Å². The van der Waals surface area contributed by atoms with Gasteiger partial charge in [0.05, 0.1) is 5.88 Å². The number of fused-ring (bicyclic) bond motifs is 5. The highest BCUT2D eigenvalue weighted by Crippen LogP contribution is 2.68. The topological polar surface area (TPSA) is 60.4 Å². The summed E-state index contributed by atoms with van der Waals surface area (Å²) in [6.45, 7) is 8.34. The quantitative estimate of drug-likeness (QED) is 0.344. The number of hydrogen-bond acceptors (Lipinski definition) is 4. The van der Waals surface area contributed by atoms with Crippen molar-refractivity contribution in [2.24, 2.45) is 34.5 Å². The molecule has 0 unspecified atom stereocenters. The van der Waals surface area contributed by atoms with Crippen molar-refractivity contribution in [3.63, 3.8) is 0 Å². The molecule has 0 aromatic carbocycles. The van der Waals surface area contributed by atoms with E-state index < -0.39 is 11.0 Å². The van der Waals surface area contributed by atoms with Crippen molar-refractivity contribution in [1.29, 1.82) is 0 Å². The van der Waals surface area contributed by atoms with E-state index in [-0.39, 0.29) is 35.4 Å². The van der Waals surface area contributed by atoms with E-state index in [9.17, 15) is 14.4 Å². The summed E-state index contributed by atoms with van der Waals surface area (Å²) >= 11 is 6.08. The van der Waals surface area contributed by atoms with E-state index in [0.717, 1.165) is 32.1 Å². The van der Waals surface area contributed by atoms with Gasteiger partial charge >= 0.3 is 5.97 Å². The highest BCUT2D eigenvalue weighted by molar-refractivity contribution is 6.29. The molecule has 0 radical (unpaired) electrons. The van der Waals surface area contributed by atoms with Crippen LogP contribution in [0.3, 0.4) is 0 Å². The molecule has 5 heteroatoms. The molecule has 3 saturated carbocycles. The van der Waals surface area contributed by atoms with E-state index >= 15 is 0 Å². The average molecular weight is 435 g/mol. The maximum Gasteiger partial charge on any atom is 0.306 e. The van der Waals surface area contributed by atoms with Crippen molar-refractivity contribution in [1.82, 2.24) is 0 Å². The van der Waals surface area contributed by atoms with Gasteiger partial charge in [-0.05, 0) is 55.3 Å². The number of esters is 1. The van der Waals surface area contributed by atoms with Gasteiger partial charge in [0, 0.05) is 30.6 Å². The normalized spacial score (nSPS) is 45.1. The van der Waals surface area contributed by atoms with Gasteiger partial charge in [-0.15, -0.1) is 11.6 Å². The van der Waals surface area contributed by atoms with Gasteiger partial charge in [-0.25, -0.2) is 0 Å². The van der Waals surface area contributed by atoms with Gasteiger partial charge in [0.25, 0.3) is 0 Å². The highest BCUT2D eigenvalue weighted by atomic mass is 35.5. The summed E-state index contributed by atoms with van der Waals surface area (Å²) in [6.07, 6.45) is 8.66. The van der Waals surface area contributed by atoms with Gasteiger partial charge in [0.1, 0.15) is 5.78 Å². The van der Waals surface area contributed by atoms with Gasteiger partial charge in [-0.3, -0.25) is 14.4 Å². The molecule has 0 spiro atoms. The minimum atomic E-state index is -1.14. The molecule has 0 aromatic heterocycles. The summed E-state index contributed by atoms with van der Waals surface area (Å²) in [6, 6.07) is 0. The summed E-state index contributed by atoms with van der Waals surface area (Å²) in [5, 5.41) is 0. The van der Waals surface area contributed by atoms with Crippen LogP contribution in [0.1, 0.15) is 79.1 Å². The van der Waals surface area contributed by atoms with Crippen LogP contribution in [0.5, 0.6) is 0 Å². The Labute approximate surface area is 185 Å². The van der Waals surface area contributed by atoms with E-state index in [0.29, 0.717) is 36.4 Å². The van der Waals surface area contributed by atoms with Gasteiger partial charge in [-0.2, -0.15) is 0 Å². The molecule has 4 rings (SSSR count).